The summed E-state index contributed by atoms with van der Waals surface area (Å²) in [4.78, 5) is 15.2. The molecule has 4 nitrogen and oxygen atoms in total. The molecule has 0 aromatic rings. The Labute approximate surface area is 83.1 Å². The largest absolute Gasteiger partial charge is 0.433 e. The monoisotopic (exact) mass is 204 g/mol. The van der Waals surface area contributed by atoms with Gasteiger partial charge in [0.15, 0.2) is 0 Å². The summed E-state index contributed by atoms with van der Waals surface area (Å²) in [6.45, 7) is 4.18. The van der Waals surface area contributed by atoms with E-state index in [1.807, 2.05) is 6.26 Å². The molecule has 0 saturated heterocycles. The standard InChI is InChI=1S/C8H16N2O2S/c1-6(2)5-7(13-4)10-12-8(11)9-3/h6H,5H2,1-4H3,(H,9,11). The zero-order valence-electron chi connectivity index (χ0n) is 8.46. The lowest BCUT2D eigenvalue weighted by Gasteiger charge is -2.04. The number of hydrogen-bond acceptors (Lipinski definition) is 4. The maximum atomic E-state index is 10.7. The van der Waals surface area contributed by atoms with Crippen molar-refractivity contribution in [2.75, 3.05) is 13.3 Å². The first-order valence-electron chi connectivity index (χ1n) is 4.09. The Morgan fingerprint density at radius 3 is 2.62 bits per heavy atom. The van der Waals surface area contributed by atoms with E-state index in [9.17, 15) is 4.79 Å². The van der Waals surface area contributed by atoms with Crippen LogP contribution in [0.3, 0.4) is 0 Å². The Balaban J connectivity index is 3.99. The van der Waals surface area contributed by atoms with Gasteiger partial charge in [-0.25, -0.2) is 4.79 Å². The number of hydrogen-bond donors (Lipinski definition) is 1. The lowest BCUT2D eigenvalue weighted by molar-refractivity contribution is 0.153. The number of oxime groups is 1. The summed E-state index contributed by atoms with van der Waals surface area (Å²) in [5, 5.41) is 6.87. The van der Waals surface area contributed by atoms with Crippen molar-refractivity contribution in [2.24, 2.45) is 11.1 Å². The van der Waals surface area contributed by atoms with E-state index in [4.69, 9.17) is 0 Å². The molecule has 0 unspecified atom stereocenters. The van der Waals surface area contributed by atoms with Crippen LogP contribution in [-0.4, -0.2) is 24.4 Å². The van der Waals surface area contributed by atoms with Crippen molar-refractivity contribution in [3.8, 4) is 0 Å². The summed E-state index contributed by atoms with van der Waals surface area (Å²) in [6.07, 6.45) is 2.21. The van der Waals surface area contributed by atoms with E-state index in [0.717, 1.165) is 11.5 Å². The van der Waals surface area contributed by atoms with Crippen molar-refractivity contribution in [3.63, 3.8) is 0 Å². The average Bonchev–Trinajstić information content (AvgIpc) is 2.10. The Hall–Kier alpha value is -0.710. The minimum absolute atomic E-state index is 0.513. The molecule has 0 aliphatic rings. The van der Waals surface area contributed by atoms with Crippen LogP contribution in [-0.2, 0) is 4.84 Å². The molecule has 1 N–H and O–H groups in total. The zero-order chi connectivity index (χ0) is 10.3. The van der Waals surface area contributed by atoms with Crippen molar-refractivity contribution in [1.82, 2.24) is 5.32 Å². The van der Waals surface area contributed by atoms with Gasteiger partial charge in [0.05, 0.1) is 0 Å². The van der Waals surface area contributed by atoms with Crippen LogP contribution < -0.4 is 5.32 Å². The first kappa shape index (κ1) is 12.3. The molecule has 0 heterocycles. The molecule has 1 amide bonds. The lowest BCUT2D eigenvalue weighted by atomic mass is 10.1. The lowest BCUT2D eigenvalue weighted by Crippen LogP contribution is -2.17. The fraction of sp³-hybridized carbons (Fsp3) is 0.750. The summed E-state index contributed by atoms with van der Waals surface area (Å²) in [7, 11) is 1.50. The predicted octanol–water partition coefficient (Wildman–Crippen LogP) is 2.06. The van der Waals surface area contributed by atoms with Crippen LogP contribution in [0.1, 0.15) is 20.3 Å². The third-order valence-electron chi connectivity index (χ3n) is 1.25. The molecular formula is C8H16N2O2S. The Bertz CT molecular complexity index is 193. The van der Waals surface area contributed by atoms with Gasteiger partial charge in [-0.15, -0.1) is 11.8 Å². The number of rotatable bonds is 3. The normalized spacial score (nSPS) is 11.6. The van der Waals surface area contributed by atoms with E-state index in [1.54, 1.807) is 0 Å². The van der Waals surface area contributed by atoms with Crippen LogP contribution >= 0.6 is 11.8 Å². The molecule has 0 aliphatic carbocycles. The predicted molar refractivity (Wildman–Crippen MR) is 55.9 cm³/mol. The summed E-state index contributed by atoms with van der Waals surface area (Å²) >= 11 is 1.50. The first-order chi connectivity index (χ1) is 6.10. The fourth-order valence-corrected chi connectivity index (χ4v) is 1.26. The number of amides is 1. The third kappa shape index (κ3) is 6.45. The number of nitrogens with one attached hydrogen (secondary N) is 1. The van der Waals surface area contributed by atoms with Gasteiger partial charge in [-0.05, 0) is 12.2 Å². The molecule has 0 atom stereocenters. The summed E-state index contributed by atoms with van der Waals surface area (Å²) < 4.78 is 0. The molecular weight excluding hydrogens is 188 g/mol. The SMILES string of the molecule is CNC(=O)ON=C(CC(C)C)SC. The fourth-order valence-electron chi connectivity index (χ4n) is 0.645. The molecule has 5 heteroatoms. The molecule has 0 aliphatic heterocycles. The second kappa shape index (κ2) is 6.77. The molecule has 0 spiro atoms. The van der Waals surface area contributed by atoms with Gasteiger partial charge < -0.3 is 5.32 Å². The Kier molecular flexibility index (Phi) is 6.40. The summed E-state index contributed by atoms with van der Waals surface area (Å²) in [5.74, 6) is 0.513. The van der Waals surface area contributed by atoms with Gasteiger partial charge in [0.2, 0.25) is 0 Å². The second-order valence-corrected chi connectivity index (χ2v) is 3.80. The zero-order valence-corrected chi connectivity index (χ0v) is 9.27. The molecule has 0 fully saturated rings. The van der Waals surface area contributed by atoms with Gasteiger partial charge in [-0.2, -0.15) is 0 Å². The van der Waals surface area contributed by atoms with Gasteiger partial charge >= 0.3 is 6.09 Å². The van der Waals surface area contributed by atoms with Crippen molar-refractivity contribution in [3.05, 3.63) is 0 Å². The molecule has 0 aromatic heterocycles. The smallest absolute Gasteiger partial charge is 0.323 e. The van der Waals surface area contributed by atoms with E-state index in [-0.39, 0.29) is 0 Å². The van der Waals surface area contributed by atoms with E-state index in [0.29, 0.717) is 5.92 Å². The quantitative estimate of drug-likeness (QED) is 0.331. The highest BCUT2D eigenvalue weighted by molar-refractivity contribution is 8.13. The van der Waals surface area contributed by atoms with E-state index in [2.05, 4.69) is 29.2 Å². The van der Waals surface area contributed by atoms with Gasteiger partial charge in [-0.3, -0.25) is 4.84 Å². The number of thioether (sulfide) groups is 1. The number of nitrogens with zero attached hydrogens (tertiary/aromatic N) is 1. The van der Waals surface area contributed by atoms with Crippen LogP contribution in [0.15, 0.2) is 5.16 Å². The number of carbonyl (C=O) groups excluding carboxylic acids is 1. The van der Waals surface area contributed by atoms with Gasteiger partial charge in [0.25, 0.3) is 0 Å². The van der Waals surface area contributed by atoms with Crippen molar-refractivity contribution in [2.45, 2.75) is 20.3 Å². The first-order valence-corrected chi connectivity index (χ1v) is 5.32. The summed E-state index contributed by atoms with van der Waals surface area (Å²) in [5.41, 5.74) is 0. The maximum absolute atomic E-state index is 10.7. The molecule has 0 saturated carbocycles. The van der Waals surface area contributed by atoms with Crippen molar-refractivity contribution in [1.29, 1.82) is 0 Å². The second-order valence-electron chi connectivity index (χ2n) is 2.92. The Morgan fingerprint density at radius 1 is 1.62 bits per heavy atom. The Morgan fingerprint density at radius 2 is 2.23 bits per heavy atom. The van der Waals surface area contributed by atoms with Gasteiger partial charge in [0, 0.05) is 13.5 Å². The summed E-state index contributed by atoms with van der Waals surface area (Å²) in [6, 6.07) is 0. The van der Waals surface area contributed by atoms with E-state index in [1.165, 1.54) is 18.8 Å². The minimum Gasteiger partial charge on any atom is -0.323 e. The molecule has 0 rings (SSSR count). The molecule has 0 aromatic carbocycles. The van der Waals surface area contributed by atoms with Crippen LogP contribution in [0.5, 0.6) is 0 Å². The maximum Gasteiger partial charge on any atom is 0.433 e. The number of carbonyl (C=O) groups is 1. The van der Waals surface area contributed by atoms with Crippen LogP contribution in [0.4, 0.5) is 4.79 Å². The topological polar surface area (TPSA) is 50.7 Å². The highest BCUT2D eigenvalue weighted by atomic mass is 32.2. The van der Waals surface area contributed by atoms with Crippen LogP contribution in [0.2, 0.25) is 0 Å². The molecule has 13 heavy (non-hydrogen) atoms. The average molecular weight is 204 g/mol. The molecule has 0 radical (unpaired) electrons. The minimum atomic E-state index is -0.532. The van der Waals surface area contributed by atoms with Crippen LogP contribution in [0, 0.1) is 5.92 Å². The van der Waals surface area contributed by atoms with E-state index >= 15 is 0 Å². The highest BCUT2D eigenvalue weighted by Crippen LogP contribution is 2.10. The molecule has 0 bridgehead atoms. The van der Waals surface area contributed by atoms with Crippen LogP contribution in [0.25, 0.3) is 0 Å². The highest BCUT2D eigenvalue weighted by Gasteiger charge is 2.03. The van der Waals surface area contributed by atoms with Crippen molar-refractivity contribution >= 4 is 22.9 Å². The van der Waals surface area contributed by atoms with Gasteiger partial charge in [-0.1, -0.05) is 19.0 Å². The van der Waals surface area contributed by atoms with E-state index < -0.39 is 6.09 Å². The van der Waals surface area contributed by atoms with Crippen molar-refractivity contribution < 1.29 is 9.63 Å². The molecule has 76 valence electrons. The third-order valence-corrected chi connectivity index (χ3v) is 1.97. The van der Waals surface area contributed by atoms with Gasteiger partial charge in [0.1, 0.15) is 5.04 Å².